The van der Waals surface area contributed by atoms with Crippen LogP contribution in [0.2, 0.25) is 0 Å². The molecular weight excluding hydrogens is 288 g/mol. The van der Waals surface area contributed by atoms with Crippen LogP contribution in [-0.2, 0) is 0 Å². The topological polar surface area (TPSA) is 27.0 Å². The van der Waals surface area contributed by atoms with E-state index in [4.69, 9.17) is 0 Å². The van der Waals surface area contributed by atoms with Crippen LogP contribution in [0, 0.1) is 23.2 Å². The zero-order chi connectivity index (χ0) is 13.7. The average Bonchev–Trinajstić information content (AvgIpc) is 2.26. The fourth-order valence-electron chi connectivity index (χ4n) is 2.03. The van der Waals surface area contributed by atoms with Crippen molar-refractivity contribution < 1.29 is 0 Å². The van der Waals surface area contributed by atoms with E-state index >= 15 is 0 Å². The number of rotatable bonds is 5. The Hall–Kier alpha value is -1.01. The molecule has 3 heteroatoms. The van der Waals surface area contributed by atoms with Crippen molar-refractivity contribution in [3.63, 3.8) is 0 Å². The van der Waals surface area contributed by atoms with Crippen molar-refractivity contribution in [2.75, 3.05) is 18.0 Å². The maximum atomic E-state index is 9.26. The molecule has 1 rings (SSSR count). The molecule has 0 aliphatic heterocycles. The third kappa shape index (κ3) is 4.34. The van der Waals surface area contributed by atoms with Gasteiger partial charge < -0.3 is 4.90 Å². The number of halogens is 1. The molecule has 0 aromatic heterocycles. The van der Waals surface area contributed by atoms with E-state index in [1.807, 2.05) is 18.2 Å². The van der Waals surface area contributed by atoms with Gasteiger partial charge in [-0.2, -0.15) is 5.26 Å². The number of nitriles is 1. The second kappa shape index (κ2) is 6.80. The lowest BCUT2D eigenvalue weighted by molar-refractivity contribution is 0.552. The van der Waals surface area contributed by atoms with Gasteiger partial charge in [-0.1, -0.05) is 43.6 Å². The Balaban J connectivity index is 3.08. The highest BCUT2D eigenvalue weighted by Crippen LogP contribution is 2.25. The summed E-state index contributed by atoms with van der Waals surface area (Å²) in [5.41, 5.74) is 1.79. The highest BCUT2D eigenvalue weighted by Gasteiger charge is 2.14. The van der Waals surface area contributed by atoms with Crippen LogP contribution in [-0.4, -0.2) is 13.1 Å². The molecule has 1 aromatic rings. The van der Waals surface area contributed by atoms with Gasteiger partial charge in [0.05, 0.1) is 11.3 Å². The highest BCUT2D eigenvalue weighted by atomic mass is 79.9. The minimum Gasteiger partial charge on any atom is -0.370 e. The second-order valence-electron chi connectivity index (χ2n) is 5.47. The lowest BCUT2D eigenvalue weighted by Crippen LogP contribution is -2.31. The van der Waals surface area contributed by atoms with Crippen LogP contribution in [0.4, 0.5) is 5.69 Å². The lowest BCUT2D eigenvalue weighted by atomic mass is 10.1. The lowest BCUT2D eigenvalue weighted by Gasteiger charge is -2.29. The van der Waals surface area contributed by atoms with E-state index in [1.54, 1.807) is 0 Å². The first-order chi connectivity index (χ1) is 8.43. The van der Waals surface area contributed by atoms with Crippen molar-refractivity contribution in [2.45, 2.75) is 27.7 Å². The maximum absolute atomic E-state index is 9.26. The van der Waals surface area contributed by atoms with Gasteiger partial charge in [-0.15, -0.1) is 0 Å². The smallest absolute Gasteiger partial charge is 0.101 e. The summed E-state index contributed by atoms with van der Waals surface area (Å²) in [6, 6.07) is 8.22. The number of benzene rings is 1. The van der Waals surface area contributed by atoms with Crippen LogP contribution in [0.1, 0.15) is 33.3 Å². The highest BCUT2D eigenvalue weighted by molar-refractivity contribution is 9.10. The van der Waals surface area contributed by atoms with Gasteiger partial charge in [-0.25, -0.2) is 0 Å². The van der Waals surface area contributed by atoms with E-state index in [0.717, 1.165) is 28.8 Å². The van der Waals surface area contributed by atoms with Gasteiger partial charge in [0, 0.05) is 17.6 Å². The summed E-state index contributed by atoms with van der Waals surface area (Å²) in [6.45, 7) is 10.8. The van der Waals surface area contributed by atoms with Crippen molar-refractivity contribution in [3.05, 3.63) is 28.2 Å². The first kappa shape index (κ1) is 15.0. The molecule has 98 valence electrons. The molecule has 0 aliphatic carbocycles. The summed E-state index contributed by atoms with van der Waals surface area (Å²) < 4.78 is 0.955. The molecule has 2 nitrogen and oxygen atoms in total. The Kier molecular flexibility index (Phi) is 5.68. The van der Waals surface area contributed by atoms with Crippen molar-refractivity contribution in [3.8, 4) is 6.07 Å². The largest absolute Gasteiger partial charge is 0.370 e. The van der Waals surface area contributed by atoms with Crippen LogP contribution in [0.25, 0.3) is 0 Å². The monoisotopic (exact) mass is 308 g/mol. The van der Waals surface area contributed by atoms with E-state index in [0.29, 0.717) is 11.8 Å². The predicted molar refractivity (Wildman–Crippen MR) is 80.7 cm³/mol. The molecule has 0 saturated carbocycles. The molecule has 18 heavy (non-hydrogen) atoms. The SMILES string of the molecule is CC(C)CN(CC(C)C)c1ccc(Br)cc1C#N. The number of nitrogens with zero attached hydrogens (tertiary/aromatic N) is 2. The van der Waals surface area contributed by atoms with Crippen molar-refractivity contribution in [2.24, 2.45) is 11.8 Å². The summed E-state index contributed by atoms with van der Waals surface area (Å²) in [5.74, 6) is 1.16. The normalized spacial score (nSPS) is 10.8. The van der Waals surface area contributed by atoms with Gasteiger partial charge >= 0.3 is 0 Å². The summed E-state index contributed by atoms with van der Waals surface area (Å²) in [6.07, 6.45) is 0. The minimum atomic E-state index is 0.582. The Bertz CT molecular complexity index is 423. The number of hydrogen-bond donors (Lipinski definition) is 0. The zero-order valence-corrected chi connectivity index (χ0v) is 13.2. The molecule has 0 radical (unpaired) electrons. The quantitative estimate of drug-likeness (QED) is 0.804. The van der Waals surface area contributed by atoms with E-state index < -0.39 is 0 Å². The van der Waals surface area contributed by atoms with Crippen LogP contribution < -0.4 is 4.90 Å². The van der Waals surface area contributed by atoms with E-state index in [9.17, 15) is 5.26 Å². The molecular formula is C15H21BrN2. The zero-order valence-electron chi connectivity index (χ0n) is 11.6. The Morgan fingerprint density at radius 3 is 2.17 bits per heavy atom. The average molecular weight is 309 g/mol. The number of hydrogen-bond acceptors (Lipinski definition) is 2. The molecule has 0 heterocycles. The van der Waals surface area contributed by atoms with Crippen LogP contribution in [0.15, 0.2) is 22.7 Å². The van der Waals surface area contributed by atoms with E-state index in [2.05, 4.69) is 54.6 Å². The minimum absolute atomic E-state index is 0.582. The molecule has 0 amide bonds. The first-order valence-electron chi connectivity index (χ1n) is 6.38. The maximum Gasteiger partial charge on any atom is 0.101 e. The van der Waals surface area contributed by atoms with Gasteiger partial charge in [-0.3, -0.25) is 0 Å². The standard InChI is InChI=1S/C15H21BrN2/c1-11(2)9-18(10-12(3)4)15-6-5-14(16)7-13(15)8-17/h5-7,11-12H,9-10H2,1-4H3. The molecule has 1 aromatic carbocycles. The Morgan fingerprint density at radius 1 is 1.17 bits per heavy atom. The predicted octanol–water partition coefficient (Wildman–Crippen LogP) is 4.44. The summed E-state index contributed by atoms with van der Waals surface area (Å²) in [7, 11) is 0. The van der Waals surface area contributed by atoms with Crippen molar-refractivity contribution in [1.82, 2.24) is 0 Å². The molecule has 0 N–H and O–H groups in total. The van der Waals surface area contributed by atoms with Crippen LogP contribution >= 0.6 is 15.9 Å². The van der Waals surface area contributed by atoms with Gasteiger partial charge in [0.25, 0.3) is 0 Å². The van der Waals surface area contributed by atoms with Gasteiger partial charge in [0.2, 0.25) is 0 Å². The van der Waals surface area contributed by atoms with Gasteiger partial charge in [0.15, 0.2) is 0 Å². The third-order valence-corrected chi connectivity index (χ3v) is 3.08. The molecule has 0 unspecified atom stereocenters. The Labute approximate surface area is 119 Å². The molecule has 0 atom stereocenters. The summed E-state index contributed by atoms with van der Waals surface area (Å²) >= 11 is 3.42. The summed E-state index contributed by atoms with van der Waals surface area (Å²) in [5, 5.41) is 9.26. The van der Waals surface area contributed by atoms with Gasteiger partial charge in [0.1, 0.15) is 6.07 Å². The van der Waals surface area contributed by atoms with Crippen molar-refractivity contribution in [1.29, 1.82) is 5.26 Å². The van der Waals surface area contributed by atoms with Crippen molar-refractivity contribution >= 4 is 21.6 Å². The molecule has 0 fully saturated rings. The molecule has 0 saturated heterocycles. The van der Waals surface area contributed by atoms with Crippen LogP contribution in [0.3, 0.4) is 0 Å². The number of anilines is 1. The second-order valence-corrected chi connectivity index (χ2v) is 6.38. The Morgan fingerprint density at radius 2 is 1.72 bits per heavy atom. The fraction of sp³-hybridized carbons (Fsp3) is 0.533. The molecule has 0 aliphatic rings. The fourth-order valence-corrected chi connectivity index (χ4v) is 2.39. The van der Waals surface area contributed by atoms with E-state index in [-0.39, 0.29) is 0 Å². The van der Waals surface area contributed by atoms with E-state index in [1.165, 1.54) is 0 Å². The summed E-state index contributed by atoms with van der Waals surface area (Å²) in [4.78, 5) is 2.32. The molecule has 0 spiro atoms. The van der Waals surface area contributed by atoms with Crippen LogP contribution in [0.5, 0.6) is 0 Å². The third-order valence-electron chi connectivity index (χ3n) is 2.59. The first-order valence-corrected chi connectivity index (χ1v) is 7.18. The van der Waals surface area contributed by atoms with Gasteiger partial charge in [-0.05, 0) is 30.0 Å². The molecule has 0 bridgehead atoms.